The Kier molecular flexibility index (Phi) is 4.59. The Balaban J connectivity index is 1.97. The van der Waals surface area contributed by atoms with Crippen LogP contribution in [-0.2, 0) is 16.4 Å². The summed E-state index contributed by atoms with van der Waals surface area (Å²) in [5, 5.41) is 9.92. The Morgan fingerprint density at radius 3 is 2.84 bits per heavy atom. The fourth-order valence-corrected chi connectivity index (χ4v) is 3.41. The summed E-state index contributed by atoms with van der Waals surface area (Å²) >= 11 is 0. The summed E-state index contributed by atoms with van der Waals surface area (Å²) in [5.41, 5.74) is 0. The summed E-state index contributed by atoms with van der Waals surface area (Å²) in [5.74, 6) is 0.662. The van der Waals surface area contributed by atoms with Gasteiger partial charge in [-0.2, -0.15) is 0 Å². The summed E-state index contributed by atoms with van der Waals surface area (Å²) < 4.78 is 26.6. The quantitative estimate of drug-likeness (QED) is 0.746. The van der Waals surface area contributed by atoms with Crippen LogP contribution in [0.3, 0.4) is 0 Å². The van der Waals surface area contributed by atoms with Gasteiger partial charge < -0.3 is 10.1 Å². The fourth-order valence-electron chi connectivity index (χ4n) is 2.38. The lowest BCUT2D eigenvalue weighted by atomic mass is 9.87. The Hall–Kier alpha value is -0.920. The van der Waals surface area contributed by atoms with Crippen molar-refractivity contribution in [2.45, 2.75) is 50.2 Å². The summed E-state index contributed by atoms with van der Waals surface area (Å²) in [6, 6.07) is 0. The van der Waals surface area contributed by atoms with Crippen LogP contribution >= 0.6 is 0 Å². The maximum atomic E-state index is 12.0. The van der Waals surface area contributed by atoms with Crippen molar-refractivity contribution in [1.82, 2.24) is 14.7 Å². The molecule has 0 spiro atoms. The van der Waals surface area contributed by atoms with Gasteiger partial charge in [-0.15, -0.1) is 0 Å². The van der Waals surface area contributed by atoms with Crippen LogP contribution in [0, 0.1) is 5.92 Å². The number of sulfonamides is 1. The fraction of sp³-hybridized carbons (Fsp3) is 0.750. The van der Waals surface area contributed by atoms with E-state index in [9.17, 15) is 13.5 Å². The minimum atomic E-state index is -3.55. The van der Waals surface area contributed by atoms with E-state index in [0.717, 1.165) is 25.7 Å². The van der Waals surface area contributed by atoms with E-state index < -0.39 is 16.1 Å². The van der Waals surface area contributed by atoms with Crippen molar-refractivity contribution >= 4 is 10.0 Å². The van der Waals surface area contributed by atoms with Gasteiger partial charge in [0, 0.05) is 13.0 Å². The Morgan fingerprint density at radius 1 is 1.47 bits per heavy atom. The first kappa shape index (κ1) is 14.5. The first-order chi connectivity index (χ1) is 9.03. The molecule has 1 aliphatic rings. The number of hydrogen-bond donors (Lipinski definition) is 3. The average molecular weight is 287 g/mol. The highest BCUT2D eigenvalue weighted by atomic mass is 32.2. The molecule has 2 rings (SSSR count). The number of nitrogens with zero attached hydrogens (tertiary/aromatic N) is 1. The van der Waals surface area contributed by atoms with Crippen molar-refractivity contribution in [3.8, 4) is 0 Å². The standard InChI is InChI=1S/C12H21N3O3S/c1-2-11-13-8-12(15-11)19(17,18)14-7-9-5-3-4-6-10(9)16/h8-10,14,16H,2-7H2,1H3,(H,13,15). The molecule has 0 bridgehead atoms. The second-order valence-corrected chi connectivity index (χ2v) is 6.75. The predicted octanol–water partition coefficient (Wildman–Crippen LogP) is 0.801. The highest BCUT2D eigenvalue weighted by Gasteiger charge is 2.25. The predicted molar refractivity (Wildman–Crippen MR) is 71.1 cm³/mol. The molecule has 0 aromatic carbocycles. The van der Waals surface area contributed by atoms with Crippen LogP contribution in [0.1, 0.15) is 38.4 Å². The van der Waals surface area contributed by atoms with Gasteiger partial charge in [-0.1, -0.05) is 19.8 Å². The lowest BCUT2D eigenvalue weighted by molar-refractivity contribution is 0.0724. The number of aliphatic hydroxyl groups is 1. The van der Waals surface area contributed by atoms with E-state index >= 15 is 0 Å². The van der Waals surface area contributed by atoms with Gasteiger partial charge in [0.05, 0.1) is 12.3 Å². The third-order valence-corrected chi connectivity index (χ3v) is 4.97. The lowest BCUT2D eigenvalue weighted by Gasteiger charge is -2.27. The summed E-state index contributed by atoms with van der Waals surface area (Å²) in [7, 11) is -3.55. The molecule has 0 radical (unpaired) electrons. The molecule has 2 atom stereocenters. The molecule has 6 nitrogen and oxygen atoms in total. The Bertz CT molecular complexity index is 512. The van der Waals surface area contributed by atoms with E-state index in [-0.39, 0.29) is 17.5 Å². The largest absolute Gasteiger partial charge is 0.393 e. The number of aliphatic hydroxyl groups excluding tert-OH is 1. The maximum absolute atomic E-state index is 12.0. The van der Waals surface area contributed by atoms with E-state index in [4.69, 9.17) is 0 Å². The number of rotatable bonds is 5. The molecular weight excluding hydrogens is 266 g/mol. The van der Waals surface area contributed by atoms with E-state index in [0.29, 0.717) is 12.2 Å². The van der Waals surface area contributed by atoms with Crippen LogP contribution in [0.25, 0.3) is 0 Å². The Labute approximate surface area is 113 Å². The third-order valence-electron chi connectivity index (χ3n) is 3.63. The second kappa shape index (κ2) is 6.02. The molecule has 2 unspecified atom stereocenters. The molecule has 0 saturated heterocycles. The molecular formula is C12H21N3O3S. The van der Waals surface area contributed by atoms with Gasteiger partial charge in [0.15, 0.2) is 5.03 Å². The minimum absolute atomic E-state index is 0.0112. The lowest BCUT2D eigenvalue weighted by Crippen LogP contribution is -2.36. The first-order valence-corrected chi connectivity index (χ1v) is 8.23. The van der Waals surface area contributed by atoms with Crippen molar-refractivity contribution < 1.29 is 13.5 Å². The number of H-pyrrole nitrogens is 1. The van der Waals surface area contributed by atoms with E-state index in [1.54, 1.807) is 0 Å². The number of hydrogen-bond acceptors (Lipinski definition) is 4. The number of aryl methyl sites for hydroxylation is 1. The van der Waals surface area contributed by atoms with Crippen molar-refractivity contribution in [3.63, 3.8) is 0 Å². The van der Waals surface area contributed by atoms with Gasteiger partial charge in [-0.3, -0.25) is 0 Å². The number of aromatic nitrogens is 2. The van der Waals surface area contributed by atoms with Crippen LogP contribution in [0.2, 0.25) is 0 Å². The molecule has 1 aromatic heterocycles. The molecule has 3 N–H and O–H groups in total. The van der Waals surface area contributed by atoms with Crippen molar-refractivity contribution in [3.05, 3.63) is 12.0 Å². The zero-order valence-corrected chi connectivity index (χ0v) is 11.9. The molecule has 7 heteroatoms. The highest BCUT2D eigenvalue weighted by Crippen LogP contribution is 2.24. The van der Waals surface area contributed by atoms with Crippen LogP contribution in [0.4, 0.5) is 0 Å². The normalized spacial score (nSPS) is 24.5. The van der Waals surface area contributed by atoms with Gasteiger partial charge >= 0.3 is 0 Å². The summed E-state index contributed by atoms with van der Waals surface area (Å²) in [6.45, 7) is 2.19. The Morgan fingerprint density at radius 2 is 2.21 bits per heavy atom. The van der Waals surface area contributed by atoms with E-state index in [1.165, 1.54) is 6.20 Å². The minimum Gasteiger partial charge on any atom is -0.393 e. The zero-order chi connectivity index (χ0) is 13.9. The average Bonchev–Trinajstić information content (AvgIpc) is 2.87. The molecule has 1 fully saturated rings. The molecule has 0 aliphatic heterocycles. The summed E-state index contributed by atoms with van der Waals surface area (Å²) in [6.07, 6.45) is 5.29. The molecule has 1 aliphatic carbocycles. The van der Waals surface area contributed by atoms with Crippen molar-refractivity contribution in [1.29, 1.82) is 0 Å². The zero-order valence-electron chi connectivity index (χ0n) is 11.1. The van der Waals surface area contributed by atoms with Gasteiger partial charge in [0.1, 0.15) is 5.82 Å². The molecule has 19 heavy (non-hydrogen) atoms. The van der Waals surface area contributed by atoms with E-state index in [1.807, 2.05) is 6.92 Å². The van der Waals surface area contributed by atoms with Gasteiger partial charge in [-0.05, 0) is 18.8 Å². The molecule has 1 heterocycles. The molecule has 1 saturated carbocycles. The highest BCUT2D eigenvalue weighted by molar-refractivity contribution is 7.89. The topological polar surface area (TPSA) is 95.1 Å². The smallest absolute Gasteiger partial charge is 0.257 e. The van der Waals surface area contributed by atoms with Crippen molar-refractivity contribution in [2.75, 3.05) is 6.54 Å². The number of aromatic amines is 1. The van der Waals surface area contributed by atoms with E-state index in [2.05, 4.69) is 14.7 Å². The van der Waals surface area contributed by atoms with Crippen LogP contribution < -0.4 is 4.72 Å². The van der Waals surface area contributed by atoms with Gasteiger partial charge in [-0.25, -0.2) is 18.1 Å². The van der Waals surface area contributed by atoms with Crippen LogP contribution in [0.15, 0.2) is 11.2 Å². The van der Waals surface area contributed by atoms with Crippen molar-refractivity contribution in [2.24, 2.45) is 5.92 Å². The second-order valence-electron chi connectivity index (χ2n) is 5.01. The summed E-state index contributed by atoms with van der Waals surface area (Å²) in [4.78, 5) is 6.76. The maximum Gasteiger partial charge on any atom is 0.257 e. The van der Waals surface area contributed by atoms with Crippen LogP contribution in [0.5, 0.6) is 0 Å². The molecule has 108 valence electrons. The molecule has 0 amide bonds. The van der Waals surface area contributed by atoms with Crippen LogP contribution in [-0.4, -0.2) is 36.1 Å². The number of imidazole rings is 1. The third kappa shape index (κ3) is 3.55. The first-order valence-electron chi connectivity index (χ1n) is 6.74. The monoisotopic (exact) mass is 287 g/mol. The van der Waals surface area contributed by atoms with Gasteiger partial charge in [0.2, 0.25) is 0 Å². The SMILES string of the molecule is CCc1ncc(S(=O)(=O)NCC2CCCCC2O)[nH]1. The van der Waals surface area contributed by atoms with Gasteiger partial charge in [0.25, 0.3) is 10.0 Å². The number of nitrogens with one attached hydrogen (secondary N) is 2. The molecule has 1 aromatic rings.